The van der Waals surface area contributed by atoms with E-state index in [1.807, 2.05) is 19.9 Å². The lowest BCUT2D eigenvalue weighted by molar-refractivity contribution is 1.05. The lowest BCUT2D eigenvalue weighted by atomic mass is 9.96. The summed E-state index contributed by atoms with van der Waals surface area (Å²) < 4.78 is 4.71. The molecule has 0 radical (unpaired) electrons. The standard InChI is InChI=1S/C69H57N5/c1-39-12-20-53(43(5)28-39)49-16-24-57-58-25-17-50(54-21-13-40(2)29-44(54)6)34-64(58)73(63(57)33-49)67-38-62(70-11)68(37-61(67)69-71-47(9)32-48(10)72-69)74-65-35-51(55-22-14-41(3)30-45(55)7)18-26-59(65)60-27-19-52(36-66(60)74)56-23-15-42(4)31-46(56)8/h12-38H,1-10H3. The predicted molar refractivity (Wildman–Crippen MR) is 312 cm³/mol. The van der Waals surface area contributed by atoms with Crippen LogP contribution in [-0.4, -0.2) is 19.1 Å². The highest BCUT2D eigenvalue weighted by Crippen LogP contribution is 2.46. The second kappa shape index (κ2) is 17.7. The smallest absolute Gasteiger partial charge is 0.212 e. The van der Waals surface area contributed by atoms with Gasteiger partial charge in [0.2, 0.25) is 5.69 Å². The number of aromatic nitrogens is 4. The summed E-state index contributed by atoms with van der Waals surface area (Å²) in [5.41, 5.74) is 27.9. The first-order valence-corrected chi connectivity index (χ1v) is 25.6. The molecule has 5 heteroatoms. The van der Waals surface area contributed by atoms with Crippen LogP contribution in [0.4, 0.5) is 5.69 Å². The summed E-state index contributed by atoms with van der Waals surface area (Å²) in [5, 5.41) is 4.48. The fourth-order valence-electron chi connectivity index (χ4n) is 11.8. The Hall–Kier alpha value is -8.85. The average Bonchev–Trinajstić information content (AvgIpc) is 3.87. The third-order valence-electron chi connectivity index (χ3n) is 15.2. The SMILES string of the molecule is [C-]#[N+]c1cc(-n2c3cc(-c4ccc(C)cc4C)ccc3c3ccc(-c4ccc(C)cc4C)cc32)c(-c2nc(C)cc(C)n2)cc1-n1c2cc(-c3ccc(C)cc3C)ccc2c2ccc(-c3ccc(C)cc3C)cc21. The van der Waals surface area contributed by atoms with Crippen molar-refractivity contribution in [2.75, 3.05) is 0 Å². The molecule has 0 bridgehead atoms. The highest BCUT2D eigenvalue weighted by molar-refractivity contribution is 6.14. The maximum absolute atomic E-state index is 9.19. The van der Waals surface area contributed by atoms with E-state index < -0.39 is 0 Å². The van der Waals surface area contributed by atoms with Gasteiger partial charge >= 0.3 is 0 Å². The van der Waals surface area contributed by atoms with Crippen molar-refractivity contribution < 1.29 is 0 Å². The minimum atomic E-state index is 0.520. The first-order chi connectivity index (χ1) is 35.7. The lowest BCUT2D eigenvalue weighted by Crippen LogP contribution is -2.04. The Morgan fingerprint density at radius 1 is 0.324 bits per heavy atom. The average molecular weight is 956 g/mol. The quantitative estimate of drug-likeness (QED) is 0.149. The number of fused-ring (bicyclic) bond motifs is 6. The van der Waals surface area contributed by atoms with Gasteiger partial charge in [0, 0.05) is 44.2 Å². The molecule has 358 valence electrons. The van der Waals surface area contributed by atoms with Gasteiger partial charge in [0.05, 0.1) is 34.3 Å². The summed E-state index contributed by atoms with van der Waals surface area (Å²) in [6, 6.07) is 60.4. The molecule has 0 aliphatic carbocycles. The fraction of sp³-hybridized carbons (Fsp3) is 0.145. The molecule has 3 heterocycles. The van der Waals surface area contributed by atoms with Crippen molar-refractivity contribution in [1.82, 2.24) is 19.1 Å². The highest BCUT2D eigenvalue weighted by Gasteiger charge is 2.25. The Balaban J connectivity index is 1.21. The molecule has 12 aromatic rings. The van der Waals surface area contributed by atoms with Crippen LogP contribution < -0.4 is 0 Å². The third kappa shape index (κ3) is 7.77. The molecule has 74 heavy (non-hydrogen) atoms. The van der Waals surface area contributed by atoms with Crippen LogP contribution in [0.1, 0.15) is 55.9 Å². The Morgan fingerprint density at radius 2 is 0.649 bits per heavy atom. The molecule has 0 aliphatic heterocycles. The van der Waals surface area contributed by atoms with Gasteiger partial charge in [-0.05, 0) is 178 Å². The van der Waals surface area contributed by atoms with E-state index in [4.69, 9.17) is 9.97 Å². The number of benzene rings is 9. The number of nitrogens with zero attached hydrogens (tertiary/aromatic N) is 5. The van der Waals surface area contributed by atoms with Gasteiger partial charge in [-0.1, -0.05) is 144 Å². The van der Waals surface area contributed by atoms with Gasteiger partial charge in [-0.25, -0.2) is 14.8 Å². The van der Waals surface area contributed by atoms with E-state index in [0.717, 1.165) is 94.2 Å². The maximum Gasteiger partial charge on any atom is 0.212 e. The topological polar surface area (TPSA) is 40.0 Å². The maximum atomic E-state index is 9.19. The molecule has 0 atom stereocenters. The molecular formula is C69H57N5. The van der Waals surface area contributed by atoms with Gasteiger partial charge < -0.3 is 9.13 Å². The first kappa shape index (κ1) is 46.2. The predicted octanol–water partition coefficient (Wildman–Crippen LogP) is 18.6. The summed E-state index contributed by atoms with van der Waals surface area (Å²) in [7, 11) is 0. The molecule has 0 aliphatic rings. The molecular weight excluding hydrogens is 899 g/mol. The molecule has 0 N–H and O–H groups in total. The van der Waals surface area contributed by atoms with E-state index in [1.54, 1.807) is 0 Å². The van der Waals surface area contributed by atoms with Gasteiger partial charge in [0.1, 0.15) is 0 Å². The summed E-state index contributed by atoms with van der Waals surface area (Å²) in [6.45, 7) is 30.6. The van der Waals surface area contributed by atoms with Gasteiger partial charge in [0.25, 0.3) is 0 Å². The van der Waals surface area contributed by atoms with E-state index in [9.17, 15) is 6.57 Å². The van der Waals surface area contributed by atoms with E-state index in [0.29, 0.717) is 11.5 Å². The Morgan fingerprint density at radius 3 is 0.959 bits per heavy atom. The van der Waals surface area contributed by atoms with Gasteiger partial charge in [-0.3, -0.25) is 0 Å². The number of aryl methyl sites for hydroxylation is 10. The zero-order chi connectivity index (χ0) is 51.3. The number of hydrogen-bond acceptors (Lipinski definition) is 2. The zero-order valence-electron chi connectivity index (χ0n) is 43.8. The van der Waals surface area contributed by atoms with Crippen LogP contribution in [-0.2, 0) is 0 Å². The third-order valence-corrected chi connectivity index (χ3v) is 15.2. The van der Waals surface area contributed by atoms with Crippen LogP contribution in [0.25, 0.3) is 116 Å². The van der Waals surface area contributed by atoms with Crippen LogP contribution in [0.15, 0.2) is 164 Å². The monoisotopic (exact) mass is 955 g/mol. The fourth-order valence-corrected chi connectivity index (χ4v) is 11.8. The second-order valence-corrected chi connectivity index (χ2v) is 20.8. The molecule has 9 aromatic carbocycles. The number of hydrogen-bond donors (Lipinski definition) is 0. The molecule has 0 unspecified atom stereocenters. The second-order valence-electron chi connectivity index (χ2n) is 20.8. The van der Waals surface area contributed by atoms with Crippen LogP contribution >= 0.6 is 0 Å². The van der Waals surface area contributed by atoms with Crippen LogP contribution in [0.5, 0.6) is 0 Å². The largest absolute Gasteiger partial charge is 0.319 e. The Bertz CT molecular complexity index is 4140. The van der Waals surface area contributed by atoms with Crippen molar-refractivity contribution in [2.45, 2.75) is 69.2 Å². The summed E-state index contributed by atoms with van der Waals surface area (Å²) in [5.74, 6) is 0.606. The van der Waals surface area contributed by atoms with Crippen LogP contribution in [0.2, 0.25) is 0 Å². The van der Waals surface area contributed by atoms with Crippen molar-refractivity contribution in [3.63, 3.8) is 0 Å². The minimum Gasteiger partial charge on any atom is -0.319 e. The van der Waals surface area contributed by atoms with Crippen LogP contribution in [0.3, 0.4) is 0 Å². The van der Waals surface area contributed by atoms with Crippen LogP contribution in [0, 0.1) is 75.8 Å². The number of rotatable bonds is 7. The summed E-state index contributed by atoms with van der Waals surface area (Å²) in [4.78, 5) is 15.0. The van der Waals surface area contributed by atoms with Gasteiger partial charge in [-0.15, -0.1) is 0 Å². The van der Waals surface area contributed by atoms with Gasteiger partial charge in [0.15, 0.2) is 5.82 Å². The first-order valence-electron chi connectivity index (χ1n) is 25.6. The minimum absolute atomic E-state index is 0.520. The van der Waals surface area contributed by atoms with E-state index in [1.165, 1.54) is 66.8 Å². The molecule has 0 saturated carbocycles. The van der Waals surface area contributed by atoms with E-state index >= 15 is 0 Å². The molecule has 0 spiro atoms. The summed E-state index contributed by atoms with van der Waals surface area (Å²) in [6.07, 6.45) is 0. The molecule has 5 nitrogen and oxygen atoms in total. The Labute approximate surface area is 433 Å². The van der Waals surface area contributed by atoms with Crippen molar-refractivity contribution in [1.29, 1.82) is 0 Å². The molecule has 0 fully saturated rings. The van der Waals surface area contributed by atoms with Crippen molar-refractivity contribution in [2.24, 2.45) is 0 Å². The van der Waals surface area contributed by atoms with Crippen molar-refractivity contribution in [3.05, 3.63) is 231 Å². The highest BCUT2D eigenvalue weighted by atomic mass is 15.0. The van der Waals surface area contributed by atoms with E-state index in [2.05, 4.69) is 227 Å². The van der Waals surface area contributed by atoms with Crippen molar-refractivity contribution in [3.8, 4) is 67.3 Å². The molecule has 0 amide bonds. The molecule has 3 aromatic heterocycles. The van der Waals surface area contributed by atoms with E-state index in [-0.39, 0.29) is 0 Å². The van der Waals surface area contributed by atoms with Gasteiger partial charge in [-0.2, -0.15) is 0 Å². The Kier molecular flexibility index (Phi) is 11.1. The normalized spacial score (nSPS) is 11.6. The zero-order valence-corrected chi connectivity index (χ0v) is 43.8. The van der Waals surface area contributed by atoms with Crippen molar-refractivity contribution >= 4 is 49.3 Å². The lowest BCUT2D eigenvalue weighted by Gasteiger charge is -2.19. The molecule has 12 rings (SSSR count). The summed E-state index contributed by atoms with van der Waals surface area (Å²) >= 11 is 0. The molecule has 0 saturated heterocycles.